The Kier molecular flexibility index (Phi) is 3.14. The van der Waals surface area contributed by atoms with E-state index in [1.807, 2.05) is 24.3 Å². The SMILES string of the molecule is O=C(NCCc1ncn[nH]1)C1Cc2ccccc2N1. The van der Waals surface area contributed by atoms with Crippen molar-refractivity contribution in [2.75, 3.05) is 11.9 Å². The molecule has 1 aliphatic heterocycles. The molecular weight excluding hydrogens is 242 g/mol. The fraction of sp³-hybridized carbons (Fsp3) is 0.308. The van der Waals surface area contributed by atoms with Crippen LogP contribution in [0.1, 0.15) is 11.4 Å². The smallest absolute Gasteiger partial charge is 0.242 e. The van der Waals surface area contributed by atoms with Crippen molar-refractivity contribution < 1.29 is 4.79 Å². The second kappa shape index (κ2) is 5.09. The van der Waals surface area contributed by atoms with Crippen LogP contribution in [-0.4, -0.2) is 33.7 Å². The molecule has 98 valence electrons. The largest absolute Gasteiger partial charge is 0.373 e. The molecular formula is C13H15N5O. The molecule has 1 aromatic carbocycles. The summed E-state index contributed by atoms with van der Waals surface area (Å²) in [7, 11) is 0. The Morgan fingerprint density at radius 2 is 2.32 bits per heavy atom. The van der Waals surface area contributed by atoms with Gasteiger partial charge in [-0.1, -0.05) is 18.2 Å². The lowest BCUT2D eigenvalue weighted by atomic mass is 10.1. The fourth-order valence-electron chi connectivity index (χ4n) is 2.23. The first-order valence-electron chi connectivity index (χ1n) is 6.29. The van der Waals surface area contributed by atoms with Crippen LogP contribution in [0.2, 0.25) is 0 Å². The van der Waals surface area contributed by atoms with Crippen LogP contribution in [0.25, 0.3) is 0 Å². The monoisotopic (exact) mass is 257 g/mol. The summed E-state index contributed by atoms with van der Waals surface area (Å²) in [6.07, 6.45) is 2.86. The predicted molar refractivity (Wildman–Crippen MR) is 70.7 cm³/mol. The van der Waals surface area contributed by atoms with Gasteiger partial charge in [-0.2, -0.15) is 5.10 Å². The number of carbonyl (C=O) groups is 1. The van der Waals surface area contributed by atoms with Gasteiger partial charge in [0.15, 0.2) is 0 Å². The maximum absolute atomic E-state index is 12.0. The second-order valence-electron chi connectivity index (χ2n) is 4.53. The molecule has 1 atom stereocenters. The normalized spacial score (nSPS) is 16.7. The lowest BCUT2D eigenvalue weighted by Gasteiger charge is -2.11. The molecule has 3 rings (SSSR count). The first kappa shape index (κ1) is 11.7. The molecule has 0 spiro atoms. The quantitative estimate of drug-likeness (QED) is 0.745. The maximum Gasteiger partial charge on any atom is 0.242 e. The number of H-pyrrole nitrogens is 1. The Balaban J connectivity index is 1.50. The molecule has 3 N–H and O–H groups in total. The number of fused-ring (bicyclic) bond motifs is 1. The van der Waals surface area contributed by atoms with Crippen molar-refractivity contribution in [3.63, 3.8) is 0 Å². The molecule has 0 radical (unpaired) electrons. The summed E-state index contributed by atoms with van der Waals surface area (Å²) >= 11 is 0. The minimum Gasteiger partial charge on any atom is -0.373 e. The number of benzene rings is 1. The molecule has 2 heterocycles. The minimum atomic E-state index is -0.174. The molecule has 0 bridgehead atoms. The molecule has 0 saturated heterocycles. The van der Waals surface area contributed by atoms with Crippen LogP contribution in [0.5, 0.6) is 0 Å². The van der Waals surface area contributed by atoms with E-state index >= 15 is 0 Å². The number of nitrogens with zero attached hydrogens (tertiary/aromatic N) is 2. The molecule has 1 aromatic heterocycles. The summed E-state index contributed by atoms with van der Waals surface area (Å²) in [4.78, 5) is 16.0. The first-order chi connectivity index (χ1) is 9.33. The van der Waals surface area contributed by atoms with Gasteiger partial charge in [0.05, 0.1) is 0 Å². The van der Waals surface area contributed by atoms with Gasteiger partial charge < -0.3 is 10.6 Å². The minimum absolute atomic E-state index is 0.0238. The number of hydrogen-bond donors (Lipinski definition) is 3. The first-order valence-corrected chi connectivity index (χ1v) is 6.29. The third-order valence-electron chi connectivity index (χ3n) is 3.21. The number of rotatable bonds is 4. The molecule has 0 saturated carbocycles. The van der Waals surface area contributed by atoms with Gasteiger partial charge in [-0.05, 0) is 11.6 Å². The Morgan fingerprint density at radius 3 is 3.11 bits per heavy atom. The van der Waals surface area contributed by atoms with Crippen molar-refractivity contribution in [3.8, 4) is 0 Å². The van der Waals surface area contributed by atoms with Gasteiger partial charge in [0.1, 0.15) is 18.2 Å². The lowest BCUT2D eigenvalue weighted by molar-refractivity contribution is -0.121. The standard InChI is InChI=1S/C13H15N5O/c19-13(14-6-5-12-15-8-16-18-12)11-7-9-3-1-2-4-10(9)17-11/h1-4,8,11,17H,5-7H2,(H,14,19)(H,15,16,18). The number of para-hydroxylation sites is 1. The van der Waals surface area contributed by atoms with Crippen LogP contribution in [-0.2, 0) is 17.6 Å². The number of carbonyl (C=O) groups excluding carboxylic acids is 1. The summed E-state index contributed by atoms with van der Waals surface area (Å²) in [5.74, 6) is 0.804. The van der Waals surface area contributed by atoms with Gasteiger partial charge in [0.2, 0.25) is 5.91 Å². The van der Waals surface area contributed by atoms with Gasteiger partial charge in [0.25, 0.3) is 0 Å². The summed E-state index contributed by atoms with van der Waals surface area (Å²) < 4.78 is 0. The summed E-state index contributed by atoms with van der Waals surface area (Å²) in [6, 6.07) is 7.83. The van der Waals surface area contributed by atoms with E-state index in [-0.39, 0.29) is 11.9 Å². The Morgan fingerprint density at radius 1 is 1.42 bits per heavy atom. The Hall–Kier alpha value is -2.37. The lowest BCUT2D eigenvalue weighted by Crippen LogP contribution is -2.39. The molecule has 2 aromatic rings. The Labute approximate surface area is 110 Å². The number of aromatic amines is 1. The van der Waals surface area contributed by atoms with Crippen LogP contribution in [0.15, 0.2) is 30.6 Å². The van der Waals surface area contributed by atoms with Crippen molar-refractivity contribution >= 4 is 11.6 Å². The van der Waals surface area contributed by atoms with Crippen molar-refractivity contribution in [1.82, 2.24) is 20.5 Å². The van der Waals surface area contributed by atoms with Crippen molar-refractivity contribution in [1.29, 1.82) is 0 Å². The third kappa shape index (κ3) is 2.57. The van der Waals surface area contributed by atoms with Crippen LogP contribution >= 0.6 is 0 Å². The van der Waals surface area contributed by atoms with E-state index in [2.05, 4.69) is 25.8 Å². The van der Waals surface area contributed by atoms with Crippen molar-refractivity contribution in [3.05, 3.63) is 42.0 Å². The topological polar surface area (TPSA) is 82.7 Å². The number of anilines is 1. The molecule has 0 fully saturated rings. The third-order valence-corrected chi connectivity index (χ3v) is 3.21. The van der Waals surface area contributed by atoms with Crippen LogP contribution < -0.4 is 10.6 Å². The molecule has 1 unspecified atom stereocenters. The highest BCUT2D eigenvalue weighted by molar-refractivity contribution is 5.87. The highest BCUT2D eigenvalue weighted by Crippen LogP contribution is 2.24. The van der Waals surface area contributed by atoms with Crippen LogP contribution in [0.3, 0.4) is 0 Å². The van der Waals surface area contributed by atoms with E-state index in [0.717, 1.165) is 17.9 Å². The number of aromatic nitrogens is 3. The van der Waals surface area contributed by atoms with Crippen LogP contribution in [0.4, 0.5) is 5.69 Å². The Bertz CT molecular complexity index is 541. The average Bonchev–Trinajstić information content (AvgIpc) is 3.07. The zero-order chi connectivity index (χ0) is 13.1. The van der Waals surface area contributed by atoms with Crippen molar-refractivity contribution in [2.45, 2.75) is 18.9 Å². The number of nitrogens with one attached hydrogen (secondary N) is 3. The van der Waals surface area contributed by atoms with E-state index in [1.54, 1.807) is 0 Å². The summed E-state index contributed by atoms with van der Waals surface area (Å²) in [5, 5.41) is 12.7. The molecule has 19 heavy (non-hydrogen) atoms. The predicted octanol–water partition coefficient (Wildman–Crippen LogP) is 0.500. The van der Waals surface area contributed by atoms with Crippen molar-refractivity contribution in [2.24, 2.45) is 0 Å². The number of hydrogen-bond acceptors (Lipinski definition) is 4. The van der Waals surface area contributed by atoms with E-state index < -0.39 is 0 Å². The van der Waals surface area contributed by atoms with Gasteiger partial charge in [-0.15, -0.1) is 0 Å². The highest BCUT2D eigenvalue weighted by atomic mass is 16.2. The molecule has 0 aliphatic carbocycles. The molecule has 6 nitrogen and oxygen atoms in total. The maximum atomic E-state index is 12.0. The molecule has 1 amide bonds. The van der Waals surface area contributed by atoms with E-state index in [1.165, 1.54) is 11.9 Å². The van der Waals surface area contributed by atoms with E-state index in [9.17, 15) is 4.79 Å². The highest BCUT2D eigenvalue weighted by Gasteiger charge is 2.25. The fourth-order valence-corrected chi connectivity index (χ4v) is 2.23. The van der Waals surface area contributed by atoms with E-state index in [4.69, 9.17) is 0 Å². The molecule has 6 heteroatoms. The molecule has 1 aliphatic rings. The average molecular weight is 257 g/mol. The van der Waals surface area contributed by atoms with Crippen LogP contribution in [0, 0.1) is 0 Å². The van der Waals surface area contributed by atoms with Gasteiger partial charge in [-0.3, -0.25) is 9.89 Å². The summed E-state index contributed by atoms with van der Waals surface area (Å²) in [5.41, 5.74) is 2.25. The summed E-state index contributed by atoms with van der Waals surface area (Å²) in [6.45, 7) is 0.558. The number of amides is 1. The van der Waals surface area contributed by atoms with Gasteiger partial charge >= 0.3 is 0 Å². The van der Waals surface area contributed by atoms with Gasteiger partial charge in [0, 0.05) is 25.1 Å². The zero-order valence-corrected chi connectivity index (χ0v) is 10.4. The second-order valence-corrected chi connectivity index (χ2v) is 4.53. The zero-order valence-electron chi connectivity index (χ0n) is 10.4. The van der Waals surface area contributed by atoms with Gasteiger partial charge in [-0.25, -0.2) is 4.98 Å². The van der Waals surface area contributed by atoms with E-state index in [0.29, 0.717) is 13.0 Å².